The van der Waals surface area contributed by atoms with Gasteiger partial charge in [0.25, 0.3) is 5.91 Å². The molecular weight excluding hydrogens is 472 g/mol. The molecule has 3 amide bonds. The van der Waals surface area contributed by atoms with Gasteiger partial charge in [0, 0.05) is 25.2 Å². The average Bonchev–Trinajstić information content (AvgIpc) is 2.82. The molecule has 1 aromatic rings. The van der Waals surface area contributed by atoms with Crippen LogP contribution in [0.2, 0.25) is 0 Å². The molecule has 1 aromatic carbocycles. The van der Waals surface area contributed by atoms with Gasteiger partial charge >= 0.3 is 11.9 Å². The maximum absolute atomic E-state index is 12.8. The number of amides is 3. The summed E-state index contributed by atoms with van der Waals surface area (Å²) in [4.78, 5) is 62.1. The van der Waals surface area contributed by atoms with Crippen LogP contribution in [0.3, 0.4) is 0 Å². The van der Waals surface area contributed by atoms with Crippen molar-refractivity contribution in [3.63, 3.8) is 0 Å². The van der Waals surface area contributed by atoms with Crippen molar-refractivity contribution in [2.24, 2.45) is 5.92 Å². The number of hydrogen-bond donors (Lipinski definition) is 5. The Balaban J connectivity index is 1.95. The number of rotatable bonds is 12. The first-order valence-corrected chi connectivity index (χ1v) is 11.7. The highest BCUT2D eigenvalue weighted by Crippen LogP contribution is 2.11. The number of benzene rings is 1. The topological polar surface area (TPSA) is 174 Å². The number of aliphatic carboxylic acids is 2. The lowest BCUT2D eigenvalue weighted by molar-refractivity contribution is -0.147. The minimum absolute atomic E-state index is 0.316. The van der Waals surface area contributed by atoms with Crippen molar-refractivity contribution < 1.29 is 38.9 Å². The molecule has 1 aliphatic rings. The van der Waals surface area contributed by atoms with Gasteiger partial charge in [-0.25, -0.2) is 4.79 Å². The second kappa shape index (κ2) is 13.5. The lowest BCUT2D eigenvalue weighted by atomic mass is 10.0. The molecule has 36 heavy (non-hydrogen) atoms. The van der Waals surface area contributed by atoms with E-state index in [-0.39, 0.29) is 5.92 Å². The molecule has 1 fully saturated rings. The number of morpholine rings is 1. The van der Waals surface area contributed by atoms with Crippen LogP contribution < -0.4 is 16.0 Å². The Kier molecular flexibility index (Phi) is 10.8. The highest BCUT2D eigenvalue weighted by atomic mass is 16.5. The Morgan fingerprint density at radius 1 is 0.917 bits per heavy atom. The molecule has 1 saturated heterocycles. The van der Waals surface area contributed by atoms with Crippen molar-refractivity contribution >= 4 is 29.7 Å². The van der Waals surface area contributed by atoms with Crippen molar-refractivity contribution in [1.29, 1.82) is 0 Å². The summed E-state index contributed by atoms with van der Waals surface area (Å²) >= 11 is 0. The van der Waals surface area contributed by atoms with E-state index in [0.717, 1.165) is 25.2 Å². The lowest BCUT2D eigenvalue weighted by Crippen LogP contribution is -2.56. The molecule has 1 heterocycles. The van der Waals surface area contributed by atoms with E-state index >= 15 is 0 Å². The van der Waals surface area contributed by atoms with E-state index in [1.54, 1.807) is 26.0 Å². The summed E-state index contributed by atoms with van der Waals surface area (Å²) in [5.41, 5.74) is 1.43. The maximum Gasteiger partial charge on any atom is 0.326 e. The summed E-state index contributed by atoms with van der Waals surface area (Å²) < 4.78 is 5.35. The lowest BCUT2D eigenvalue weighted by Gasteiger charge is -2.26. The zero-order valence-corrected chi connectivity index (χ0v) is 20.7. The summed E-state index contributed by atoms with van der Waals surface area (Å²) in [7, 11) is 0. The van der Waals surface area contributed by atoms with Crippen LogP contribution in [0, 0.1) is 5.92 Å². The van der Waals surface area contributed by atoms with Crippen LogP contribution >= 0.6 is 0 Å². The third kappa shape index (κ3) is 8.93. The number of carboxylic acid groups (broad SMARTS) is 2. The molecule has 2 rings (SSSR count). The predicted octanol–water partition coefficient (Wildman–Crippen LogP) is -0.178. The summed E-state index contributed by atoms with van der Waals surface area (Å²) in [6, 6.07) is 3.33. The van der Waals surface area contributed by atoms with Crippen molar-refractivity contribution in [1.82, 2.24) is 20.9 Å². The molecule has 198 valence electrons. The Morgan fingerprint density at radius 2 is 1.53 bits per heavy atom. The van der Waals surface area contributed by atoms with Crippen LogP contribution in [0.5, 0.6) is 0 Å². The predicted molar refractivity (Wildman–Crippen MR) is 128 cm³/mol. The number of carboxylic acids is 2. The highest BCUT2D eigenvalue weighted by Gasteiger charge is 2.30. The number of hydrogen-bond acceptors (Lipinski definition) is 7. The van der Waals surface area contributed by atoms with Gasteiger partial charge < -0.3 is 30.9 Å². The third-order valence-electron chi connectivity index (χ3n) is 5.71. The third-order valence-corrected chi connectivity index (χ3v) is 5.71. The molecule has 0 aliphatic carbocycles. The Hall–Kier alpha value is -3.51. The molecule has 1 aliphatic heterocycles. The van der Waals surface area contributed by atoms with Crippen LogP contribution in [0.25, 0.3) is 0 Å². The first-order valence-electron chi connectivity index (χ1n) is 11.7. The Labute approximate surface area is 209 Å². The summed E-state index contributed by atoms with van der Waals surface area (Å²) in [6.45, 7) is 8.63. The average molecular weight is 507 g/mol. The molecule has 0 unspecified atom stereocenters. The van der Waals surface area contributed by atoms with Gasteiger partial charge in [-0.3, -0.25) is 24.1 Å². The minimum atomic E-state index is -1.64. The van der Waals surface area contributed by atoms with E-state index in [1.807, 2.05) is 12.1 Å². The number of carbonyl (C=O) groups is 5. The van der Waals surface area contributed by atoms with E-state index < -0.39 is 54.2 Å². The fourth-order valence-electron chi connectivity index (χ4n) is 3.58. The molecule has 12 heteroatoms. The number of nitrogens with one attached hydrogen (secondary N) is 3. The quantitative estimate of drug-likeness (QED) is 0.258. The molecule has 12 nitrogen and oxygen atoms in total. The van der Waals surface area contributed by atoms with E-state index in [9.17, 15) is 24.0 Å². The van der Waals surface area contributed by atoms with Crippen LogP contribution in [-0.4, -0.2) is 89.2 Å². The number of ether oxygens (including phenoxy) is 1. The largest absolute Gasteiger partial charge is 0.481 e. The SMILES string of the molecule is CC(C)[C@H](NC(=O)c1ccc(CN2CCOCC2)cc1)C(=O)N[C@@H](C)C(=O)N[C@@H](CC(=O)O)C(=O)O. The van der Waals surface area contributed by atoms with Gasteiger partial charge in [0.2, 0.25) is 11.8 Å². The van der Waals surface area contributed by atoms with Gasteiger partial charge in [-0.1, -0.05) is 26.0 Å². The molecule has 0 radical (unpaired) electrons. The standard InChI is InChI=1S/C24H34N4O8/c1-14(2)20(23(33)25-15(3)21(31)26-18(24(34)35)12-19(29)30)27-22(32)17-6-4-16(5-7-17)13-28-8-10-36-11-9-28/h4-7,14-15,18,20H,8-13H2,1-3H3,(H,25,33)(H,26,31)(H,27,32)(H,29,30)(H,34,35)/t15-,18-,20-/m0/s1. The summed E-state index contributed by atoms with van der Waals surface area (Å²) in [6.07, 6.45) is -0.808. The van der Waals surface area contributed by atoms with Crippen molar-refractivity contribution in [2.75, 3.05) is 26.3 Å². The molecule has 0 spiro atoms. The van der Waals surface area contributed by atoms with Crippen molar-refractivity contribution in [3.8, 4) is 0 Å². The second-order valence-corrected chi connectivity index (χ2v) is 9.01. The van der Waals surface area contributed by atoms with Gasteiger partial charge in [-0.05, 0) is 30.5 Å². The zero-order valence-electron chi connectivity index (χ0n) is 20.7. The smallest absolute Gasteiger partial charge is 0.326 e. The van der Waals surface area contributed by atoms with Crippen LogP contribution in [0.4, 0.5) is 0 Å². The summed E-state index contributed by atoms with van der Waals surface area (Å²) in [5.74, 6) is -5.16. The van der Waals surface area contributed by atoms with Gasteiger partial charge in [0.15, 0.2) is 0 Å². The van der Waals surface area contributed by atoms with Gasteiger partial charge in [-0.2, -0.15) is 0 Å². The fraction of sp³-hybridized carbons (Fsp3) is 0.542. The fourth-order valence-corrected chi connectivity index (χ4v) is 3.58. The van der Waals surface area contributed by atoms with Crippen LogP contribution in [0.15, 0.2) is 24.3 Å². The van der Waals surface area contributed by atoms with Gasteiger partial charge in [0.05, 0.1) is 19.6 Å². The van der Waals surface area contributed by atoms with E-state index in [0.29, 0.717) is 18.8 Å². The van der Waals surface area contributed by atoms with Crippen molar-refractivity contribution in [2.45, 2.75) is 51.9 Å². The molecule has 3 atom stereocenters. The van der Waals surface area contributed by atoms with Gasteiger partial charge in [-0.15, -0.1) is 0 Å². The second-order valence-electron chi connectivity index (χ2n) is 9.01. The molecule has 0 aromatic heterocycles. The zero-order chi connectivity index (χ0) is 26.8. The minimum Gasteiger partial charge on any atom is -0.481 e. The number of carbonyl (C=O) groups excluding carboxylic acids is 3. The highest BCUT2D eigenvalue weighted by molar-refractivity contribution is 5.98. The van der Waals surface area contributed by atoms with Crippen molar-refractivity contribution in [3.05, 3.63) is 35.4 Å². The monoisotopic (exact) mass is 506 g/mol. The number of nitrogens with zero attached hydrogens (tertiary/aromatic N) is 1. The van der Waals surface area contributed by atoms with Crippen LogP contribution in [0.1, 0.15) is 43.1 Å². The molecular formula is C24H34N4O8. The first kappa shape index (κ1) is 28.7. The Morgan fingerprint density at radius 3 is 2.06 bits per heavy atom. The normalized spacial score (nSPS) is 16.4. The van der Waals surface area contributed by atoms with Gasteiger partial charge in [0.1, 0.15) is 18.1 Å². The Bertz CT molecular complexity index is 944. The van der Waals surface area contributed by atoms with E-state index in [1.165, 1.54) is 6.92 Å². The first-order chi connectivity index (χ1) is 17.0. The molecule has 0 bridgehead atoms. The van der Waals surface area contributed by atoms with E-state index in [4.69, 9.17) is 14.9 Å². The molecule has 0 saturated carbocycles. The molecule has 5 N–H and O–H groups in total. The van der Waals surface area contributed by atoms with E-state index in [2.05, 4.69) is 20.9 Å². The summed E-state index contributed by atoms with van der Waals surface area (Å²) in [5, 5.41) is 25.1. The van der Waals surface area contributed by atoms with Crippen LogP contribution in [-0.2, 0) is 30.5 Å². The maximum atomic E-state index is 12.8.